The minimum absolute atomic E-state index is 0.938. The zero-order valence-electron chi connectivity index (χ0n) is 28.0. The van der Waals surface area contributed by atoms with E-state index in [2.05, 4.69) is 161 Å². The van der Waals surface area contributed by atoms with Crippen LogP contribution in [0.4, 0.5) is 0 Å². The van der Waals surface area contributed by atoms with Crippen molar-refractivity contribution in [3.05, 3.63) is 170 Å². The molecular formula is C48H28N4. The minimum atomic E-state index is 0.938. The maximum Gasteiger partial charge on any atom is 0.145 e. The van der Waals surface area contributed by atoms with Crippen molar-refractivity contribution in [2.24, 2.45) is 0 Å². The average molecular weight is 661 g/mol. The maximum absolute atomic E-state index is 5.26. The second-order valence-electron chi connectivity index (χ2n) is 13.8. The number of nitrogens with zero attached hydrogens (tertiary/aromatic N) is 4. The molecule has 4 aromatic heterocycles. The number of para-hydroxylation sites is 2. The standard InChI is InChI=1S/C48H28N4/c1-2-11-32(12-3-1)51-42-18-7-6-14-34(42)39-26-30(20-23-43(39)51)31-21-24-44-40(27-31)36-22-19-29-10-4-5-13-33(29)47(36)52(44)48-38-16-8-15-37-45(38)41(28-50-48)35-17-9-25-49-46(35)37/h1-28H. The number of aromatic nitrogens is 4. The predicted octanol–water partition coefficient (Wildman–Crippen LogP) is 12.3. The molecule has 0 unspecified atom stereocenters. The summed E-state index contributed by atoms with van der Waals surface area (Å²) in [5.41, 5.74) is 12.8. The van der Waals surface area contributed by atoms with Crippen LogP contribution < -0.4 is 0 Å². The molecule has 4 nitrogen and oxygen atoms in total. The summed E-state index contributed by atoms with van der Waals surface area (Å²) in [6, 6.07) is 57.2. The van der Waals surface area contributed by atoms with Crippen molar-refractivity contribution in [1.82, 2.24) is 19.1 Å². The molecule has 0 aliphatic heterocycles. The molecule has 0 bridgehead atoms. The van der Waals surface area contributed by atoms with E-state index >= 15 is 0 Å². The molecule has 0 radical (unpaired) electrons. The molecule has 0 saturated heterocycles. The van der Waals surface area contributed by atoms with E-state index in [1.165, 1.54) is 76.6 Å². The van der Waals surface area contributed by atoms with Gasteiger partial charge in [-0.25, -0.2) is 4.98 Å². The zero-order chi connectivity index (χ0) is 33.9. The van der Waals surface area contributed by atoms with Crippen LogP contribution in [0.1, 0.15) is 0 Å². The lowest BCUT2D eigenvalue weighted by atomic mass is 10.00. The van der Waals surface area contributed by atoms with Crippen LogP contribution in [0.15, 0.2) is 170 Å². The highest BCUT2D eigenvalue weighted by Crippen LogP contribution is 2.48. The van der Waals surface area contributed by atoms with Gasteiger partial charge in [-0.3, -0.25) is 9.55 Å². The van der Waals surface area contributed by atoms with Gasteiger partial charge in [-0.05, 0) is 65.0 Å². The number of rotatable bonds is 3. The van der Waals surface area contributed by atoms with E-state index in [9.17, 15) is 0 Å². The van der Waals surface area contributed by atoms with Crippen LogP contribution in [0, 0.1) is 0 Å². The normalized spacial score (nSPS) is 12.2. The van der Waals surface area contributed by atoms with Crippen LogP contribution in [0.2, 0.25) is 0 Å². The Labute approximate surface area is 298 Å². The summed E-state index contributed by atoms with van der Waals surface area (Å²) in [7, 11) is 0. The van der Waals surface area contributed by atoms with E-state index in [0.29, 0.717) is 0 Å². The Balaban J connectivity index is 1.12. The molecule has 4 heterocycles. The topological polar surface area (TPSA) is 35.6 Å². The van der Waals surface area contributed by atoms with Crippen molar-refractivity contribution in [3.63, 3.8) is 0 Å². The maximum atomic E-state index is 5.26. The van der Waals surface area contributed by atoms with Gasteiger partial charge in [-0.15, -0.1) is 0 Å². The number of benzene rings is 7. The van der Waals surface area contributed by atoms with E-state index in [-0.39, 0.29) is 0 Å². The molecule has 240 valence electrons. The molecule has 11 aromatic rings. The van der Waals surface area contributed by atoms with Crippen LogP contribution in [0.25, 0.3) is 110 Å². The quantitative estimate of drug-likeness (QED) is 0.189. The summed E-state index contributed by atoms with van der Waals surface area (Å²) in [5.74, 6) is 0.938. The Morgan fingerprint density at radius 3 is 1.96 bits per heavy atom. The zero-order valence-corrected chi connectivity index (χ0v) is 28.0. The van der Waals surface area contributed by atoms with Gasteiger partial charge in [0.15, 0.2) is 0 Å². The molecule has 1 aliphatic rings. The smallest absolute Gasteiger partial charge is 0.145 e. The fourth-order valence-electron chi connectivity index (χ4n) is 8.89. The summed E-state index contributed by atoms with van der Waals surface area (Å²) < 4.78 is 4.77. The predicted molar refractivity (Wildman–Crippen MR) is 216 cm³/mol. The first kappa shape index (κ1) is 27.7. The molecular weight excluding hydrogens is 633 g/mol. The van der Waals surface area contributed by atoms with E-state index < -0.39 is 0 Å². The van der Waals surface area contributed by atoms with Crippen molar-refractivity contribution in [1.29, 1.82) is 0 Å². The molecule has 0 atom stereocenters. The van der Waals surface area contributed by atoms with Crippen molar-refractivity contribution in [2.45, 2.75) is 0 Å². The third-order valence-corrected chi connectivity index (χ3v) is 11.1. The monoisotopic (exact) mass is 660 g/mol. The van der Waals surface area contributed by atoms with Crippen LogP contribution in [0.5, 0.6) is 0 Å². The van der Waals surface area contributed by atoms with Crippen molar-refractivity contribution in [2.75, 3.05) is 0 Å². The van der Waals surface area contributed by atoms with Crippen LogP contribution in [0.3, 0.4) is 0 Å². The van der Waals surface area contributed by atoms with Crippen molar-refractivity contribution < 1.29 is 0 Å². The van der Waals surface area contributed by atoms with Crippen LogP contribution >= 0.6 is 0 Å². The first-order valence-electron chi connectivity index (χ1n) is 17.7. The van der Waals surface area contributed by atoms with Gasteiger partial charge in [-0.1, -0.05) is 109 Å². The Bertz CT molecular complexity index is 3260. The lowest BCUT2D eigenvalue weighted by Crippen LogP contribution is -1.99. The van der Waals surface area contributed by atoms with Crippen LogP contribution in [-0.4, -0.2) is 19.1 Å². The summed E-state index contributed by atoms with van der Waals surface area (Å²) >= 11 is 0. The average Bonchev–Trinajstić information content (AvgIpc) is 3.85. The molecule has 0 saturated carbocycles. The summed E-state index contributed by atoms with van der Waals surface area (Å²) in [4.78, 5) is 10.1. The minimum Gasteiger partial charge on any atom is -0.309 e. The van der Waals surface area contributed by atoms with Gasteiger partial charge in [0, 0.05) is 72.5 Å². The highest BCUT2D eigenvalue weighted by Gasteiger charge is 2.26. The first-order chi connectivity index (χ1) is 25.8. The Hall–Kier alpha value is -7.04. The van der Waals surface area contributed by atoms with E-state index in [4.69, 9.17) is 9.97 Å². The first-order valence-corrected chi connectivity index (χ1v) is 17.7. The molecule has 0 spiro atoms. The fraction of sp³-hybridized carbons (Fsp3) is 0. The van der Waals surface area contributed by atoms with Gasteiger partial charge in [0.2, 0.25) is 0 Å². The number of hydrogen-bond acceptors (Lipinski definition) is 2. The van der Waals surface area contributed by atoms with E-state index in [0.717, 1.165) is 33.5 Å². The largest absolute Gasteiger partial charge is 0.309 e. The van der Waals surface area contributed by atoms with Crippen LogP contribution in [-0.2, 0) is 0 Å². The highest BCUT2D eigenvalue weighted by atomic mass is 15.1. The fourth-order valence-corrected chi connectivity index (χ4v) is 8.89. The highest BCUT2D eigenvalue weighted by molar-refractivity contribution is 6.21. The van der Waals surface area contributed by atoms with Gasteiger partial charge < -0.3 is 4.57 Å². The number of fused-ring (bicyclic) bond motifs is 11. The Morgan fingerprint density at radius 1 is 0.404 bits per heavy atom. The third kappa shape index (κ3) is 3.65. The van der Waals surface area contributed by atoms with Crippen molar-refractivity contribution in [3.8, 4) is 45.0 Å². The molecule has 0 fully saturated rings. The second-order valence-corrected chi connectivity index (χ2v) is 13.8. The molecule has 4 heteroatoms. The molecule has 52 heavy (non-hydrogen) atoms. The van der Waals surface area contributed by atoms with Gasteiger partial charge >= 0.3 is 0 Å². The van der Waals surface area contributed by atoms with E-state index in [1.54, 1.807) is 0 Å². The molecule has 0 N–H and O–H groups in total. The van der Waals surface area contributed by atoms with Gasteiger partial charge in [0.1, 0.15) is 5.82 Å². The molecule has 12 rings (SSSR count). The summed E-state index contributed by atoms with van der Waals surface area (Å²) in [6.07, 6.45) is 3.93. The SMILES string of the molecule is c1ccc(-n2c3ccccc3c3cc(-c4ccc5c(c4)c4ccc6ccccc6c4n5-c4ncc5c6c(cccc46)-c4ncccc4-5)ccc32)cc1. The van der Waals surface area contributed by atoms with Gasteiger partial charge in [0.05, 0.1) is 27.8 Å². The molecule has 7 aromatic carbocycles. The van der Waals surface area contributed by atoms with E-state index in [1.807, 2.05) is 18.5 Å². The summed E-state index contributed by atoms with van der Waals surface area (Å²) in [5, 5.41) is 9.69. The van der Waals surface area contributed by atoms with Gasteiger partial charge in [-0.2, -0.15) is 0 Å². The molecule has 0 amide bonds. The van der Waals surface area contributed by atoms with Gasteiger partial charge in [0.25, 0.3) is 0 Å². The Morgan fingerprint density at radius 2 is 1.10 bits per heavy atom. The third-order valence-electron chi connectivity index (χ3n) is 11.1. The van der Waals surface area contributed by atoms with Crippen molar-refractivity contribution >= 4 is 65.2 Å². The number of hydrogen-bond donors (Lipinski definition) is 0. The lowest BCUT2D eigenvalue weighted by Gasteiger charge is -2.13. The number of pyridine rings is 2. The Kier molecular flexibility index (Phi) is 5.47. The second kappa shape index (κ2) is 10.3. The lowest BCUT2D eigenvalue weighted by molar-refractivity contribution is 1.11. The summed E-state index contributed by atoms with van der Waals surface area (Å²) in [6.45, 7) is 0. The molecule has 1 aliphatic carbocycles.